The number of halogens is 2. The molecule has 2 saturated heterocycles. The van der Waals surface area contributed by atoms with E-state index in [0.717, 1.165) is 5.69 Å². The van der Waals surface area contributed by atoms with Crippen LogP contribution in [0.3, 0.4) is 0 Å². The van der Waals surface area contributed by atoms with E-state index in [4.69, 9.17) is 0 Å². The molecular formula is C23H24F2N6O. The van der Waals surface area contributed by atoms with Crippen molar-refractivity contribution in [1.29, 1.82) is 0 Å². The maximum absolute atomic E-state index is 15.4. The summed E-state index contributed by atoms with van der Waals surface area (Å²) in [6.45, 7) is 7.56. The summed E-state index contributed by atoms with van der Waals surface area (Å²) < 4.78 is 31.7. The van der Waals surface area contributed by atoms with Gasteiger partial charge in [-0.1, -0.05) is 6.58 Å². The summed E-state index contributed by atoms with van der Waals surface area (Å²) in [6.07, 6.45) is 4.51. The van der Waals surface area contributed by atoms with E-state index in [1.807, 2.05) is 0 Å². The number of rotatable bonds is 4. The number of aromatic hydroxyl groups is 1. The second-order valence-corrected chi connectivity index (χ2v) is 9.21. The lowest BCUT2D eigenvalue weighted by Crippen LogP contribution is -2.61. The molecule has 9 heteroatoms. The summed E-state index contributed by atoms with van der Waals surface area (Å²) in [4.78, 5) is 8.31. The predicted molar refractivity (Wildman–Crippen MR) is 116 cm³/mol. The van der Waals surface area contributed by atoms with Gasteiger partial charge in [0, 0.05) is 36.3 Å². The molecule has 0 unspecified atom stereocenters. The van der Waals surface area contributed by atoms with E-state index in [2.05, 4.69) is 32.1 Å². The van der Waals surface area contributed by atoms with Gasteiger partial charge in [0.05, 0.1) is 29.3 Å². The van der Waals surface area contributed by atoms with Crippen LogP contribution in [0.5, 0.6) is 5.75 Å². The van der Waals surface area contributed by atoms with Gasteiger partial charge in [0.25, 0.3) is 0 Å². The van der Waals surface area contributed by atoms with Crippen molar-refractivity contribution in [2.24, 2.45) is 5.92 Å². The standard InChI is InChI=1S/C23H24F2N6O/c1-13(16-9-22(2)19(24)10-23(3,30-22)20(16)25)17-11-27-21(29-28-17)15-5-4-14(8-18(15)32)31-7-6-26-12-31/h4-8,11-12,16,19-20,30,32H,1,9-10H2,2-3H3/t16-,19-,20-,22-,23-/m0/s1. The van der Waals surface area contributed by atoms with E-state index in [9.17, 15) is 9.50 Å². The maximum Gasteiger partial charge on any atom is 0.185 e. The van der Waals surface area contributed by atoms with E-state index < -0.39 is 29.3 Å². The summed E-state index contributed by atoms with van der Waals surface area (Å²) in [5.74, 6) is -0.351. The zero-order valence-corrected chi connectivity index (χ0v) is 17.8. The zero-order valence-electron chi connectivity index (χ0n) is 17.8. The van der Waals surface area contributed by atoms with E-state index in [-0.39, 0.29) is 24.4 Å². The van der Waals surface area contributed by atoms with Crippen molar-refractivity contribution in [3.8, 4) is 22.8 Å². The molecule has 5 atom stereocenters. The first kappa shape index (κ1) is 20.7. The molecule has 2 N–H and O–H groups in total. The highest BCUT2D eigenvalue weighted by atomic mass is 19.1. The minimum absolute atomic E-state index is 0.00170. The molecule has 7 nitrogen and oxygen atoms in total. The summed E-state index contributed by atoms with van der Waals surface area (Å²) in [5, 5.41) is 21.9. The van der Waals surface area contributed by atoms with Crippen LogP contribution in [0.15, 0.2) is 49.7 Å². The number of benzene rings is 1. The Bertz CT molecular complexity index is 1170. The molecule has 0 amide bonds. The van der Waals surface area contributed by atoms with Crippen molar-refractivity contribution in [2.45, 2.75) is 50.1 Å². The van der Waals surface area contributed by atoms with Crippen molar-refractivity contribution in [3.63, 3.8) is 0 Å². The highest BCUT2D eigenvalue weighted by molar-refractivity contribution is 5.67. The van der Waals surface area contributed by atoms with Gasteiger partial charge in [0.1, 0.15) is 23.8 Å². The molecule has 2 fully saturated rings. The average Bonchev–Trinajstić information content (AvgIpc) is 3.37. The van der Waals surface area contributed by atoms with Crippen LogP contribution in [-0.2, 0) is 0 Å². The number of hydrogen-bond acceptors (Lipinski definition) is 6. The van der Waals surface area contributed by atoms with Gasteiger partial charge in [-0.2, -0.15) is 0 Å². The molecule has 2 aromatic heterocycles. The third kappa shape index (κ3) is 3.19. The van der Waals surface area contributed by atoms with Crippen LogP contribution in [-0.4, -0.2) is 53.3 Å². The topological polar surface area (TPSA) is 88.8 Å². The third-order valence-corrected chi connectivity index (χ3v) is 6.83. The molecule has 4 heterocycles. The number of allylic oxidation sites excluding steroid dienone is 1. The van der Waals surface area contributed by atoms with Crippen LogP contribution < -0.4 is 5.32 Å². The van der Waals surface area contributed by atoms with Gasteiger partial charge in [-0.05, 0) is 38.0 Å². The lowest BCUT2D eigenvalue weighted by atomic mass is 9.75. The van der Waals surface area contributed by atoms with Crippen LogP contribution in [0.2, 0.25) is 0 Å². The Morgan fingerprint density at radius 2 is 2.03 bits per heavy atom. The number of aromatic nitrogens is 5. The number of piperidine rings is 1. The first-order valence-corrected chi connectivity index (χ1v) is 10.5. The van der Waals surface area contributed by atoms with Gasteiger partial charge < -0.3 is 15.0 Å². The van der Waals surface area contributed by atoms with Gasteiger partial charge in [0.15, 0.2) is 5.82 Å². The van der Waals surface area contributed by atoms with Crippen molar-refractivity contribution in [3.05, 3.63) is 55.4 Å². The Hall–Kier alpha value is -3.20. The summed E-state index contributed by atoms with van der Waals surface area (Å²) in [6, 6.07) is 5.09. The normalized spacial score (nSPS) is 31.6. The number of imidazole rings is 1. The Kier molecular flexibility index (Phi) is 4.63. The highest BCUT2D eigenvalue weighted by Gasteiger charge is 2.61. The predicted octanol–water partition coefficient (Wildman–Crippen LogP) is 3.65. The van der Waals surface area contributed by atoms with Crippen LogP contribution >= 0.6 is 0 Å². The van der Waals surface area contributed by atoms with Crippen LogP contribution in [0.25, 0.3) is 22.6 Å². The minimum atomic E-state index is -1.30. The van der Waals surface area contributed by atoms with Crippen molar-refractivity contribution in [2.75, 3.05) is 0 Å². The average molecular weight is 438 g/mol. The number of nitrogens with zero attached hydrogens (tertiary/aromatic N) is 5. The largest absolute Gasteiger partial charge is 0.507 e. The lowest BCUT2D eigenvalue weighted by molar-refractivity contribution is 0.0708. The molecule has 32 heavy (non-hydrogen) atoms. The SMILES string of the molecule is C=C(c1cnc(-c2ccc(-n3ccnc3)cc2O)nn1)[C@@H]1C[C@]2(C)N[C@@](C)(C[C@@H]2F)[C@H]1F. The molecule has 2 bridgehead atoms. The van der Waals surface area contributed by atoms with Crippen LogP contribution in [0.1, 0.15) is 32.4 Å². The summed E-state index contributed by atoms with van der Waals surface area (Å²) in [5.41, 5.74) is 0.237. The Morgan fingerprint density at radius 1 is 1.22 bits per heavy atom. The molecular weight excluding hydrogens is 414 g/mol. The van der Waals surface area contributed by atoms with Crippen molar-refractivity contribution >= 4 is 5.57 Å². The molecule has 1 aromatic carbocycles. The smallest absolute Gasteiger partial charge is 0.185 e. The molecule has 0 spiro atoms. The van der Waals surface area contributed by atoms with Gasteiger partial charge in [-0.3, -0.25) is 0 Å². The number of nitrogens with one attached hydrogen (secondary N) is 1. The molecule has 2 aliphatic rings. The van der Waals surface area contributed by atoms with Crippen LogP contribution in [0.4, 0.5) is 8.78 Å². The number of fused-ring (bicyclic) bond motifs is 2. The minimum Gasteiger partial charge on any atom is -0.507 e. The fraction of sp³-hybridized carbons (Fsp3) is 0.391. The van der Waals surface area contributed by atoms with E-state index in [0.29, 0.717) is 16.8 Å². The number of phenolic OH excluding ortho intramolecular Hbond substituents is 1. The zero-order chi connectivity index (χ0) is 22.7. The molecule has 3 aromatic rings. The van der Waals surface area contributed by atoms with Gasteiger partial charge in [0.2, 0.25) is 0 Å². The molecule has 0 radical (unpaired) electrons. The Labute approximate surface area is 184 Å². The van der Waals surface area contributed by atoms with Gasteiger partial charge >= 0.3 is 0 Å². The molecule has 0 saturated carbocycles. The monoisotopic (exact) mass is 438 g/mol. The first-order chi connectivity index (χ1) is 15.2. The van der Waals surface area contributed by atoms with E-state index >= 15 is 4.39 Å². The number of phenols is 1. The number of alkyl halides is 2. The second kappa shape index (κ2) is 7.16. The fourth-order valence-corrected chi connectivity index (χ4v) is 5.06. The molecule has 2 aliphatic heterocycles. The quantitative estimate of drug-likeness (QED) is 0.647. The van der Waals surface area contributed by atoms with E-state index in [1.165, 1.54) is 6.20 Å². The van der Waals surface area contributed by atoms with E-state index in [1.54, 1.807) is 55.3 Å². The Morgan fingerprint density at radius 3 is 2.69 bits per heavy atom. The van der Waals surface area contributed by atoms with Crippen LogP contribution in [0, 0.1) is 5.92 Å². The maximum atomic E-state index is 15.4. The lowest BCUT2D eigenvalue weighted by Gasteiger charge is -2.44. The molecule has 5 rings (SSSR count). The van der Waals surface area contributed by atoms with Crippen molar-refractivity contribution < 1.29 is 13.9 Å². The summed E-state index contributed by atoms with van der Waals surface area (Å²) in [7, 11) is 0. The molecule has 0 aliphatic carbocycles. The van der Waals surface area contributed by atoms with Gasteiger partial charge in [-0.25, -0.2) is 18.7 Å². The number of hydrogen-bond donors (Lipinski definition) is 2. The summed E-state index contributed by atoms with van der Waals surface area (Å²) >= 11 is 0. The first-order valence-electron chi connectivity index (χ1n) is 10.5. The highest BCUT2D eigenvalue weighted by Crippen LogP contribution is 2.50. The van der Waals surface area contributed by atoms with Crippen molar-refractivity contribution in [1.82, 2.24) is 30.0 Å². The van der Waals surface area contributed by atoms with Gasteiger partial charge in [-0.15, -0.1) is 10.2 Å². The second-order valence-electron chi connectivity index (χ2n) is 9.21. The Balaban J connectivity index is 1.39. The molecule has 166 valence electrons. The third-order valence-electron chi connectivity index (χ3n) is 6.83. The fourth-order valence-electron chi connectivity index (χ4n) is 5.06.